The minimum atomic E-state index is -0.417. The fourth-order valence-corrected chi connectivity index (χ4v) is 3.87. The summed E-state index contributed by atoms with van der Waals surface area (Å²) in [6.45, 7) is 6.67. The Morgan fingerprint density at radius 2 is 1.94 bits per heavy atom. The molecule has 7 nitrogen and oxygen atoms in total. The molecule has 0 aliphatic carbocycles. The molecule has 0 aromatic heterocycles. The molecule has 0 saturated carbocycles. The van der Waals surface area contributed by atoms with Crippen LogP contribution in [0, 0.1) is 5.92 Å². The number of amides is 1. The first-order chi connectivity index (χ1) is 16.0. The Balaban J connectivity index is 1.49. The molecule has 0 saturated heterocycles. The van der Waals surface area contributed by atoms with Crippen molar-refractivity contribution in [3.05, 3.63) is 64.7 Å². The van der Waals surface area contributed by atoms with Crippen molar-refractivity contribution in [2.45, 2.75) is 33.1 Å². The van der Waals surface area contributed by atoms with Gasteiger partial charge >= 0.3 is 12.1 Å². The van der Waals surface area contributed by atoms with Gasteiger partial charge in [0.05, 0.1) is 24.5 Å². The zero-order valence-corrected chi connectivity index (χ0v) is 19.3. The van der Waals surface area contributed by atoms with Gasteiger partial charge in [0.15, 0.2) is 6.29 Å². The van der Waals surface area contributed by atoms with E-state index >= 15 is 0 Å². The lowest BCUT2D eigenvalue weighted by Crippen LogP contribution is -2.27. The fourth-order valence-electron chi connectivity index (χ4n) is 3.87. The van der Waals surface area contributed by atoms with Crippen LogP contribution in [0.15, 0.2) is 42.5 Å². The van der Waals surface area contributed by atoms with E-state index in [4.69, 9.17) is 9.47 Å². The van der Waals surface area contributed by atoms with Gasteiger partial charge in [-0.1, -0.05) is 38.1 Å². The Hall–Kier alpha value is -3.35. The van der Waals surface area contributed by atoms with Crippen LogP contribution in [0.25, 0.3) is 0 Å². The molecule has 1 heterocycles. The molecule has 0 atom stereocenters. The van der Waals surface area contributed by atoms with Crippen LogP contribution in [0.5, 0.6) is 0 Å². The molecule has 33 heavy (non-hydrogen) atoms. The average Bonchev–Trinajstić information content (AvgIpc) is 3.23. The second-order valence-electron chi connectivity index (χ2n) is 8.57. The van der Waals surface area contributed by atoms with Crippen LogP contribution in [0.2, 0.25) is 0 Å². The zero-order chi connectivity index (χ0) is 23.6. The molecule has 0 fully saturated rings. The van der Waals surface area contributed by atoms with E-state index in [2.05, 4.69) is 16.3 Å². The van der Waals surface area contributed by atoms with Crippen molar-refractivity contribution in [1.29, 1.82) is 0 Å². The van der Waals surface area contributed by atoms with Crippen molar-refractivity contribution >= 4 is 24.0 Å². The van der Waals surface area contributed by atoms with Crippen LogP contribution in [0.3, 0.4) is 0 Å². The molecule has 0 bridgehead atoms. The van der Waals surface area contributed by atoms with Gasteiger partial charge in [0.1, 0.15) is 0 Å². The SMILES string of the molecule is CC(C)COC(=O)NCCc1cc(C=O)c2c(c1)CCN2CCCOC(=O)c1ccccc1. The number of alkyl carbamates (subject to hydrolysis) is 1. The van der Waals surface area contributed by atoms with Gasteiger partial charge in [-0.2, -0.15) is 0 Å². The lowest BCUT2D eigenvalue weighted by atomic mass is 10.0. The Bertz CT molecular complexity index is 959. The van der Waals surface area contributed by atoms with E-state index in [9.17, 15) is 14.4 Å². The Kier molecular flexibility index (Phi) is 8.87. The van der Waals surface area contributed by atoms with Crippen LogP contribution in [0.4, 0.5) is 10.5 Å². The van der Waals surface area contributed by atoms with Gasteiger partial charge in [-0.25, -0.2) is 9.59 Å². The molecule has 2 aromatic rings. The van der Waals surface area contributed by atoms with Crippen LogP contribution in [0.1, 0.15) is 52.1 Å². The highest BCUT2D eigenvalue weighted by atomic mass is 16.5. The first-order valence-corrected chi connectivity index (χ1v) is 11.5. The monoisotopic (exact) mass is 452 g/mol. The number of hydrogen-bond donors (Lipinski definition) is 1. The number of hydrogen-bond acceptors (Lipinski definition) is 6. The van der Waals surface area contributed by atoms with Crippen LogP contribution in [-0.4, -0.2) is 51.2 Å². The van der Waals surface area contributed by atoms with Crippen molar-refractivity contribution in [2.75, 3.05) is 37.7 Å². The van der Waals surface area contributed by atoms with E-state index < -0.39 is 6.09 Å². The molecule has 0 unspecified atom stereocenters. The average molecular weight is 453 g/mol. The number of esters is 1. The summed E-state index contributed by atoms with van der Waals surface area (Å²) >= 11 is 0. The van der Waals surface area contributed by atoms with Gasteiger partial charge in [0, 0.05) is 25.2 Å². The third-order valence-corrected chi connectivity index (χ3v) is 5.42. The number of nitrogens with zero attached hydrogens (tertiary/aromatic N) is 1. The molecule has 176 valence electrons. The molecule has 1 N–H and O–H groups in total. The number of carbonyl (C=O) groups is 3. The maximum absolute atomic E-state index is 12.1. The van der Waals surface area contributed by atoms with Crippen molar-refractivity contribution in [3.8, 4) is 0 Å². The lowest BCUT2D eigenvalue weighted by molar-refractivity contribution is 0.0502. The molecular formula is C26H32N2O5. The molecule has 1 amide bonds. The highest BCUT2D eigenvalue weighted by Crippen LogP contribution is 2.32. The summed E-state index contributed by atoms with van der Waals surface area (Å²) in [5.41, 5.74) is 4.32. The van der Waals surface area contributed by atoms with E-state index in [1.807, 2.05) is 38.1 Å². The molecule has 1 aliphatic rings. The summed E-state index contributed by atoms with van der Waals surface area (Å²) in [5.74, 6) is -0.0289. The maximum Gasteiger partial charge on any atom is 0.407 e. The number of ether oxygens (including phenoxy) is 2. The van der Waals surface area contributed by atoms with Crippen LogP contribution < -0.4 is 10.2 Å². The van der Waals surface area contributed by atoms with Crippen molar-refractivity contribution in [1.82, 2.24) is 5.32 Å². The smallest absolute Gasteiger partial charge is 0.407 e. The molecule has 7 heteroatoms. The van der Waals surface area contributed by atoms with Gasteiger partial charge in [-0.15, -0.1) is 0 Å². The highest BCUT2D eigenvalue weighted by Gasteiger charge is 2.23. The molecule has 3 rings (SSSR count). The first-order valence-electron chi connectivity index (χ1n) is 11.5. The summed E-state index contributed by atoms with van der Waals surface area (Å²) in [4.78, 5) is 37.7. The van der Waals surface area contributed by atoms with Gasteiger partial charge in [0.2, 0.25) is 0 Å². The largest absolute Gasteiger partial charge is 0.462 e. The van der Waals surface area contributed by atoms with Crippen LogP contribution in [-0.2, 0) is 22.3 Å². The summed E-state index contributed by atoms with van der Waals surface area (Å²) < 4.78 is 10.5. The van der Waals surface area contributed by atoms with E-state index in [0.717, 1.165) is 36.1 Å². The second kappa shape index (κ2) is 12.0. The normalized spacial score (nSPS) is 12.4. The van der Waals surface area contributed by atoms with E-state index in [1.54, 1.807) is 12.1 Å². The standard InChI is InChI=1S/C26H32N2O5/c1-19(2)18-33-26(31)27-11-9-20-15-22-10-13-28(24(22)23(16-20)17-29)12-6-14-32-25(30)21-7-4-3-5-8-21/h3-5,7-8,15-17,19H,6,9-14,18H2,1-2H3,(H,27,31). The highest BCUT2D eigenvalue weighted by molar-refractivity contribution is 5.89. The topological polar surface area (TPSA) is 84.9 Å². The van der Waals surface area contributed by atoms with E-state index in [1.165, 1.54) is 0 Å². The predicted molar refractivity (Wildman–Crippen MR) is 127 cm³/mol. The van der Waals surface area contributed by atoms with E-state index in [0.29, 0.717) is 56.2 Å². The Labute approximate surface area is 195 Å². The quantitative estimate of drug-likeness (QED) is 0.315. The summed E-state index contributed by atoms with van der Waals surface area (Å²) in [6, 6.07) is 12.9. The van der Waals surface area contributed by atoms with Gasteiger partial charge < -0.3 is 19.7 Å². The van der Waals surface area contributed by atoms with Gasteiger partial charge in [-0.3, -0.25) is 4.79 Å². The fraction of sp³-hybridized carbons (Fsp3) is 0.423. The Morgan fingerprint density at radius 3 is 2.67 bits per heavy atom. The number of rotatable bonds is 11. The molecular weight excluding hydrogens is 420 g/mol. The lowest BCUT2D eigenvalue weighted by Gasteiger charge is -2.21. The summed E-state index contributed by atoms with van der Waals surface area (Å²) in [6.07, 6.45) is 2.64. The molecule has 0 spiro atoms. The first kappa shape index (κ1) is 24.3. The number of anilines is 1. The minimum absolute atomic E-state index is 0.293. The number of carbonyl (C=O) groups excluding carboxylic acids is 3. The minimum Gasteiger partial charge on any atom is -0.462 e. The second-order valence-corrected chi connectivity index (χ2v) is 8.57. The third kappa shape index (κ3) is 7.07. The van der Waals surface area contributed by atoms with E-state index in [-0.39, 0.29) is 5.97 Å². The molecule has 0 radical (unpaired) electrons. The number of benzene rings is 2. The van der Waals surface area contributed by atoms with Crippen molar-refractivity contribution < 1.29 is 23.9 Å². The molecule has 1 aliphatic heterocycles. The zero-order valence-electron chi connectivity index (χ0n) is 19.3. The van der Waals surface area contributed by atoms with Crippen LogP contribution >= 0.6 is 0 Å². The van der Waals surface area contributed by atoms with Crippen molar-refractivity contribution in [2.24, 2.45) is 5.92 Å². The van der Waals surface area contributed by atoms with Gasteiger partial charge in [0.25, 0.3) is 0 Å². The predicted octanol–water partition coefficient (Wildman–Crippen LogP) is 4.03. The molecule has 2 aromatic carbocycles. The summed E-state index contributed by atoms with van der Waals surface area (Å²) in [7, 11) is 0. The number of aldehydes is 1. The maximum atomic E-state index is 12.1. The Morgan fingerprint density at radius 1 is 1.15 bits per heavy atom. The van der Waals surface area contributed by atoms with Gasteiger partial charge in [-0.05, 0) is 54.5 Å². The number of fused-ring (bicyclic) bond motifs is 1. The number of nitrogens with one attached hydrogen (secondary N) is 1. The summed E-state index contributed by atoms with van der Waals surface area (Å²) in [5, 5.41) is 2.75. The third-order valence-electron chi connectivity index (χ3n) is 5.42. The van der Waals surface area contributed by atoms with Crippen molar-refractivity contribution in [3.63, 3.8) is 0 Å².